The number of rotatable bonds is 6. The molecule has 2 aromatic heterocycles. The van der Waals surface area contributed by atoms with E-state index < -0.39 is 0 Å². The molecule has 0 spiro atoms. The third-order valence-corrected chi connectivity index (χ3v) is 8.62. The van der Waals surface area contributed by atoms with Crippen molar-refractivity contribution in [3.63, 3.8) is 0 Å². The van der Waals surface area contributed by atoms with Crippen LogP contribution in [0.2, 0.25) is 0 Å². The zero-order valence-corrected chi connectivity index (χ0v) is 21.8. The Labute approximate surface area is 208 Å². The number of anilines is 1. The second kappa shape index (κ2) is 11.7. The summed E-state index contributed by atoms with van der Waals surface area (Å²) in [6, 6.07) is 6.16. The van der Waals surface area contributed by atoms with E-state index in [0.29, 0.717) is 11.8 Å². The lowest BCUT2D eigenvalue weighted by molar-refractivity contribution is 0.111. The molecule has 0 bridgehead atoms. The first-order valence-electron chi connectivity index (χ1n) is 12.5. The van der Waals surface area contributed by atoms with Crippen LogP contribution < -0.4 is 10.2 Å². The summed E-state index contributed by atoms with van der Waals surface area (Å²) >= 11 is 1.80. The van der Waals surface area contributed by atoms with Gasteiger partial charge < -0.3 is 19.5 Å². The maximum absolute atomic E-state index is 10.9. The van der Waals surface area contributed by atoms with Gasteiger partial charge >= 0.3 is 0 Å². The maximum atomic E-state index is 10.9. The molecule has 0 radical (unpaired) electrons. The Balaban J connectivity index is 0.000000161. The summed E-state index contributed by atoms with van der Waals surface area (Å²) in [4.78, 5) is 19.1. The lowest BCUT2D eigenvalue weighted by atomic mass is 10.0. The van der Waals surface area contributed by atoms with Crippen molar-refractivity contribution in [3.8, 4) is 0 Å². The van der Waals surface area contributed by atoms with Gasteiger partial charge in [0.25, 0.3) is 0 Å². The average molecular weight is 486 g/mol. The van der Waals surface area contributed by atoms with E-state index in [9.17, 15) is 4.79 Å². The van der Waals surface area contributed by atoms with E-state index in [4.69, 9.17) is 4.74 Å². The van der Waals surface area contributed by atoms with Gasteiger partial charge in [-0.1, -0.05) is 13.0 Å². The van der Waals surface area contributed by atoms with Crippen molar-refractivity contribution >= 4 is 24.1 Å². The van der Waals surface area contributed by atoms with Crippen molar-refractivity contribution in [2.45, 2.75) is 38.1 Å². The predicted molar refractivity (Wildman–Crippen MR) is 138 cm³/mol. The quantitative estimate of drug-likeness (QED) is 0.494. The number of fused-ring (bicyclic) bond motifs is 1. The van der Waals surface area contributed by atoms with Crippen LogP contribution in [0.3, 0.4) is 0 Å². The Morgan fingerprint density at radius 1 is 1.24 bits per heavy atom. The summed E-state index contributed by atoms with van der Waals surface area (Å²) in [5.74, 6) is 3.42. The molecule has 0 amide bonds. The van der Waals surface area contributed by atoms with Crippen molar-refractivity contribution < 1.29 is 9.53 Å². The molecule has 3 aliphatic rings. The van der Waals surface area contributed by atoms with Crippen LogP contribution in [0.4, 0.5) is 5.82 Å². The van der Waals surface area contributed by atoms with Crippen LogP contribution in [-0.2, 0) is 18.3 Å². The molecule has 5 rings (SSSR count). The first-order chi connectivity index (χ1) is 16.5. The van der Waals surface area contributed by atoms with Crippen LogP contribution in [0.1, 0.15) is 41.5 Å². The van der Waals surface area contributed by atoms with Gasteiger partial charge in [0.05, 0.1) is 18.9 Å². The number of carbonyl (C=O) groups excluding carboxylic acids is 1. The molecule has 3 saturated heterocycles. The topological polar surface area (TPSA) is 62.6 Å². The summed E-state index contributed by atoms with van der Waals surface area (Å²) in [5.41, 5.74) is 3.22. The molecule has 186 valence electrons. The molecule has 0 saturated carbocycles. The third-order valence-electron chi connectivity index (χ3n) is 7.39. The van der Waals surface area contributed by atoms with E-state index in [2.05, 4.69) is 39.4 Å². The molecule has 1 N–H and O–H groups in total. The van der Waals surface area contributed by atoms with E-state index >= 15 is 0 Å². The summed E-state index contributed by atoms with van der Waals surface area (Å²) < 4.78 is 9.89. The van der Waals surface area contributed by atoms with Gasteiger partial charge in [0, 0.05) is 74.0 Å². The lowest BCUT2D eigenvalue weighted by Crippen LogP contribution is -2.27. The Bertz CT molecular complexity index is 945. The summed E-state index contributed by atoms with van der Waals surface area (Å²) in [7, 11) is 3.92. The van der Waals surface area contributed by atoms with Gasteiger partial charge in [0.2, 0.25) is 0 Å². The fraction of sp³-hybridized carbons (Fsp3) is 0.615. The first kappa shape index (κ1) is 25.2. The van der Waals surface area contributed by atoms with Gasteiger partial charge in [-0.05, 0) is 56.8 Å². The minimum absolute atomic E-state index is 0.708. The van der Waals surface area contributed by atoms with Gasteiger partial charge in [-0.2, -0.15) is 0 Å². The Hall–Kier alpha value is -1.87. The molecule has 7 nitrogen and oxygen atoms in total. The molecule has 3 aliphatic heterocycles. The van der Waals surface area contributed by atoms with Crippen molar-refractivity contribution in [2.24, 2.45) is 24.8 Å². The van der Waals surface area contributed by atoms with Crippen molar-refractivity contribution in [1.29, 1.82) is 0 Å². The van der Waals surface area contributed by atoms with Gasteiger partial charge in [-0.25, -0.2) is 9.29 Å². The zero-order valence-electron chi connectivity index (χ0n) is 21.0. The number of nitrogens with zero attached hydrogens (tertiary/aromatic N) is 4. The molecule has 2 unspecified atom stereocenters. The molecule has 0 aliphatic carbocycles. The molecule has 5 heterocycles. The second-order valence-electron chi connectivity index (χ2n) is 9.88. The number of hydrogen-bond donors (Lipinski definition) is 1. The Morgan fingerprint density at radius 2 is 1.94 bits per heavy atom. The summed E-state index contributed by atoms with van der Waals surface area (Å²) in [6.45, 7) is 11.6. The van der Waals surface area contributed by atoms with Crippen molar-refractivity contribution in [3.05, 3.63) is 41.3 Å². The van der Waals surface area contributed by atoms with E-state index in [1.807, 2.05) is 37.0 Å². The molecule has 0 aromatic carbocycles. The molecule has 3 fully saturated rings. The van der Waals surface area contributed by atoms with E-state index in [0.717, 1.165) is 69.7 Å². The summed E-state index contributed by atoms with van der Waals surface area (Å²) in [6.07, 6.45) is 5.37. The van der Waals surface area contributed by atoms with Crippen LogP contribution in [-0.4, -0.2) is 66.6 Å². The van der Waals surface area contributed by atoms with E-state index in [1.54, 1.807) is 11.9 Å². The lowest BCUT2D eigenvalue weighted by Gasteiger charge is -2.28. The molecule has 34 heavy (non-hydrogen) atoms. The highest BCUT2D eigenvalue weighted by molar-refractivity contribution is 7.97. The Morgan fingerprint density at radius 3 is 2.56 bits per heavy atom. The fourth-order valence-electron chi connectivity index (χ4n) is 5.02. The predicted octanol–water partition coefficient (Wildman–Crippen LogP) is 3.77. The van der Waals surface area contributed by atoms with E-state index in [1.165, 1.54) is 29.0 Å². The smallest absolute Gasteiger partial charge is 0.166 e. The number of carbonyl (C=O) groups is 1. The fourth-order valence-corrected chi connectivity index (χ4v) is 6.13. The van der Waals surface area contributed by atoms with Gasteiger partial charge in [0.15, 0.2) is 6.29 Å². The van der Waals surface area contributed by atoms with Crippen molar-refractivity contribution in [1.82, 2.24) is 19.2 Å². The zero-order chi connectivity index (χ0) is 24.1. The number of aldehydes is 1. The normalized spacial score (nSPS) is 23.0. The van der Waals surface area contributed by atoms with Crippen LogP contribution in [0.25, 0.3) is 0 Å². The van der Waals surface area contributed by atoms with Crippen LogP contribution in [0.5, 0.6) is 0 Å². The highest BCUT2D eigenvalue weighted by atomic mass is 32.2. The van der Waals surface area contributed by atoms with Gasteiger partial charge in [-0.15, -0.1) is 0 Å². The third kappa shape index (κ3) is 5.85. The van der Waals surface area contributed by atoms with Gasteiger partial charge in [0.1, 0.15) is 5.82 Å². The number of ether oxygens (including phenoxy) is 1. The second-order valence-corrected chi connectivity index (χ2v) is 11.0. The SMILES string of the molecule is CNCc1cccnc1N1CC2COCC2C1.Cc1c(SN2CCC(C)CC2)cc(C=O)n1C. The van der Waals surface area contributed by atoms with Crippen LogP contribution in [0.15, 0.2) is 29.3 Å². The largest absolute Gasteiger partial charge is 0.381 e. The monoisotopic (exact) mass is 485 g/mol. The van der Waals surface area contributed by atoms with Crippen LogP contribution >= 0.6 is 11.9 Å². The Kier molecular flexibility index (Phi) is 8.69. The van der Waals surface area contributed by atoms with Crippen LogP contribution in [0, 0.1) is 24.7 Å². The maximum Gasteiger partial charge on any atom is 0.166 e. The molecule has 2 aromatic rings. The van der Waals surface area contributed by atoms with Gasteiger partial charge in [-0.3, -0.25) is 4.79 Å². The minimum Gasteiger partial charge on any atom is -0.381 e. The number of hydrogen-bond acceptors (Lipinski definition) is 7. The molecule has 2 atom stereocenters. The number of piperidine rings is 1. The highest BCUT2D eigenvalue weighted by Gasteiger charge is 2.38. The summed E-state index contributed by atoms with van der Waals surface area (Å²) in [5, 5.41) is 3.21. The minimum atomic E-state index is 0.708. The molecule has 8 heteroatoms. The average Bonchev–Trinajstić information content (AvgIpc) is 3.52. The number of aromatic nitrogens is 2. The standard InChI is InChI=1S/C13H19N3O.C13H20N2OS/c1-14-5-10-3-2-4-15-13(10)16-6-11-8-17-9-12(11)7-16;1-10-4-6-15(7-5-10)17-13-8-12(9-16)14(3)11(13)2/h2-4,11-12,14H,5-9H2,1H3;8-10H,4-7H2,1-3H3. The molecular weight excluding hydrogens is 446 g/mol. The van der Waals surface area contributed by atoms with Crippen molar-refractivity contribution in [2.75, 3.05) is 51.3 Å². The molecular formula is C26H39N5O2S. The first-order valence-corrected chi connectivity index (χ1v) is 13.2. The number of nitrogens with one attached hydrogen (secondary N) is 1. The number of pyridine rings is 1. The van der Waals surface area contributed by atoms with E-state index in [-0.39, 0.29) is 0 Å². The highest BCUT2D eigenvalue weighted by Crippen LogP contribution is 2.33.